The van der Waals surface area contributed by atoms with Crippen molar-refractivity contribution >= 4 is 34.5 Å². The van der Waals surface area contributed by atoms with Crippen molar-refractivity contribution in [3.05, 3.63) is 36.3 Å². The smallest absolute Gasteiger partial charge is 0.269 e. The molecule has 3 heterocycles. The summed E-state index contributed by atoms with van der Waals surface area (Å²) in [4.78, 5) is 25.2. The van der Waals surface area contributed by atoms with Gasteiger partial charge in [-0.2, -0.15) is 5.10 Å². The highest BCUT2D eigenvalue weighted by Gasteiger charge is 2.13. The van der Waals surface area contributed by atoms with Gasteiger partial charge in [0.25, 0.3) is 5.91 Å². The number of nitrogens with one attached hydrogen (secondary N) is 2. The van der Waals surface area contributed by atoms with E-state index in [1.165, 1.54) is 11.8 Å². The summed E-state index contributed by atoms with van der Waals surface area (Å²) in [6.45, 7) is 2.12. The van der Waals surface area contributed by atoms with Crippen LogP contribution in [0.4, 0.5) is 5.82 Å². The molecule has 0 spiro atoms. The van der Waals surface area contributed by atoms with E-state index in [2.05, 4.69) is 30.7 Å². The summed E-state index contributed by atoms with van der Waals surface area (Å²) in [5, 5.41) is 12.0. The summed E-state index contributed by atoms with van der Waals surface area (Å²) in [7, 11) is 1.65. The Labute approximate surface area is 160 Å². The molecule has 0 aromatic carbocycles. The first-order chi connectivity index (χ1) is 13.2. The van der Waals surface area contributed by atoms with Crippen molar-refractivity contribution in [2.75, 3.05) is 38.4 Å². The van der Waals surface area contributed by atoms with Crippen molar-refractivity contribution in [2.24, 2.45) is 0 Å². The van der Waals surface area contributed by atoms with Gasteiger partial charge in [0.1, 0.15) is 11.5 Å². The molecule has 3 aromatic heterocycles. The van der Waals surface area contributed by atoms with Crippen LogP contribution in [0.25, 0.3) is 11.0 Å². The summed E-state index contributed by atoms with van der Waals surface area (Å²) in [5.41, 5.74) is 1.11. The first kappa shape index (κ1) is 19.1. The Kier molecular flexibility index (Phi) is 6.55. The van der Waals surface area contributed by atoms with Crippen LogP contribution in [0.1, 0.15) is 10.5 Å². The molecule has 0 aliphatic heterocycles. The topological polar surface area (TPSA) is 107 Å². The van der Waals surface area contributed by atoms with E-state index >= 15 is 0 Å². The predicted octanol–water partition coefficient (Wildman–Crippen LogP) is 1.43. The monoisotopic (exact) mass is 387 g/mol. The SMILES string of the molecule is COCCNc1nc(SC)nc2c1cnn2CCNC(=O)c1ccccn1. The first-order valence-electron chi connectivity index (χ1n) is 8.42. The van der Waals surface area contributed by atoms with E-state index in [0.29, 0.717) is 37.1 Å². The zero-order valence-electron chi connectivity index (χ0n) is 15.2. The summed E-state index contributed by atoms with van der Waals surface area (Å²) < 4.78 is 6.83. The van der Waals surface area contributed by atoms with Gasteiger partial charge in [0.2, 0.25) is 0 Å². The lowest BCUT2D eigenvalue weighted by Gasteiger charge is -2.09. The van der Waals surface area contributed by atoms with Gasteiger partial charge < -0.3 is 15.4 Å². The summed E-state index contributed by atoms with van der Waals surface area (Å²) in [6.07, 6.45) is 5.25. The van der Waals surface area contributed by atoms with Crippen molar-refractivity contribution in [2.45, 2.75) is 11.7 Å². The zero-order chi connectivity index (χ0) is 19.1. The number of methoxy groups -OCH3 is 1. The van der Waals surface area contributed by atoms with Crippen LogP contribution in [-0.4, -0.2) is 63.7 Å². The van der Waals surface area contributed by atoms with E-state index in [-0.39, 0.29) is 5.91 Å². The number of aromatic nitrogens is 5. The Morgan fingerprint density at radius 1 is 1.30 bits per heavy atom. The lowest BCUT2D eigenvalue weighted by molar-refractivity contribution is 0.0947. The fourth-order valence-electron chi connectivity index (χ4n) is 2.46. The number of pyridine rings is 1. The van der Waals surface area contributed by atoms with Crippen molar-refractivity contribution in [3.8, 4) is 0 Å². The molecule has 0 atom stereocenters. The average molecular weight is 387 g/mol. The third-order valence-corrected chi connectivity index (χ3v) is 4.31. The molecule has 1 amide bonds. The van der Waals surface area contributed by atoms with Gasteiger partial charge in [-0.3, -0.25) is 9.78 Å². The highest BCUT2D eigenvalue weighted by atomic mass is 32.2. The Bertz CT molecular complexity index is 901. The summed E-state index contributed by atoms with van der Waals surface area (Å²) >= 11 is 1.46. The van der Waals surface area contributed by atoms with Crippen LogP contribution >= 0.6 is 11.8 Å². The molecular weight excluding hydrogens is 366 g/mol. The number of amides is 1. The van der Waals surface area contributed by atoms with Crippen LogP contribution in [0, 0.1) is 0 Å². The number of hydrogen-bond acceptors (Lipinski definition) is 8. The Morgan fingerprint density at radius 3 is 2.93 bits per heavy atom. The maximum absolute atomic E-state index is 12.1. The molecule has 2 N–H and O–H groups in total. The second-order valence-corrected chi connectivity index (χ2v) is 6.33. The second kappa shape index (κ2) is 9.28. The second-order valence-electron chi connectivity index (χ2n) is 5.55. The third-order valence-electron chi connectivity index (χ3n) is 3.76. The number of carbonyl (C=O) groups excluding carboxylic acids is 1. The largest absolute Gasteiger partial charge is 0.383 e. The van der Waals surface area contributed by atoms with E-state index in [1.807, 2.05) is 6.26 Å². The van der Waals surface area contributed by atoms with Crippen LogP contribution in [0.15, 0.2) is 35.7 Å². The zero-order valence-corrected chi connectivity index (χ0v) is 16.0. The molecule has 0 unspecified atom stereocenters. The molecular formula is C17H21N7O2S. The molecule has 27 heavy (non-hydrogen) atoms. The third kappa shape index (κ3) is 4.72. The van der Waals surface area contributed by atoms with Gasteiger partial charge in [-0.1, -0.05) is 17.8 Å². The number of ether oxygens (including phenoxy) is 1. The number of rotatable bonds is 9. The number of fused-ring (bicyclic) bond motifs is 1. The number of hydrogen-bond donors (Lipinski definition) is 2. The molecule has 0 saturated carbocycles. The molecule has 0 aliphatic carbocycles. The molecule has 0 aliphatic rings. The first-order valence-corrected chi connectivity index (χ1v) is 9.65. The van der Waals surface area contributed by atoms with Gasteiger partial charge in [0.15, 0.2) is 10.8 Å². The fraction of sp³-hybridized carbons (Fsp3) is 0.353. The standard InChI is InChI=1S/C17H21N7O2S/c1-26-10-8-19-14-12-11-21-24(15(12)23-17(22-14)27-2)9-7-20-16(25)13-5-3-4-6-18-13/h3-6,11H,7-10H2,1-2H3,(H,20,25)(H,19,22,23). The number of anilines is 1. The van der Waals surface area contributed by atoms with Gasteiger partial charge in [-0.25, -0.2) is 14.6 Å². The van der Waals surface area contributed by atoms with E-state index in [1.54, 1.807) is 42.4 Å². The number of nitrogens with zero attached hydrogens (tertiary/aromatic N) is 5. The highest BCUT2D eigenvalue weighted by Crippen LogP contribution is 2.23. The minimum absolute atomic E-state index is 0.214. The van der Waals surface area contributed by atoms with E-state index < -0.39 is 0 Å². The number of thioether (sulfide) groups is 1. The summed E-state index contributed by atoms with van der Waals surface area (Å²) in [6, 6.07) is 5.23. The van der Waals surface area contributed by atoms with Crippen molar-refractivity contribution in [1.82, 2.24) is 30.0 Å². The lowest BCUT2D eigenvalue weighted by atomic mass is 10.3. The van der Waals surface area contributed by atoms with Gasteiger partial charge in [-0.15, -0.1) is 0 Å². The lowest BCUT2D eigenvalue weighted by Crippen LogP contribution is -2.28. The quantitative estimate of drug-likeness (QED) is 0.323. The Balaban J connectivity index is 1.71. The predicted molar refractivity (Wildman–Crippen MR) is 104 cm³/mol. The van der Waals surface area contributed by atoms with Crippen LogP contribution < -0.4 is 10.6 Å². The van der Waals surface area contributed by atoms with Gasteiger partial charge in [0.05, 0.1) is 24.7 Å². The highest BCUT2D eigenvalue weighted by molar-refractivity contribution is 7.98. The molecule has 0 radical (unpaired) electrons. The molecule has 142 valence electrons. The molecule has 0 bridgehead atoms. The van der Waals surface area contributed by atoms with Crippen LogP contribution in [0.5, 0.6) is 0 Å². The minimum Gasteiger partial charge on any atom is -0.383 e. The van der Waals surface area contributed by atoms with E-state index in [4.69, 9.17) is 4.74 Å². The Hall–Kier alpha value is -2.72. The van der Waals surface area contributed by atoms with Gasteiger partial charge in [-0.05, 0) is 18.4 Å². The van der Waals surface area contributed by atoms with Gasteiger partial charge >= 0.3 is 0 Å². The fourth-order valence-corrected chi connectivity index (χ4v) is 2.82. The Morgan fingerprint density at radius 2 is 2.19 bits per heavy atom. The molecule has 0 saturated heterocycles. The normalized spacial score (nSPS) is 10.9. The van der Waals surface area contributed by atoms with Crippen molar-refractivity contribution in [1.29, 1.82) is 0 Å². The maximum atomic E-state index is 12.1. The van der Waals surface area contributed by atoms with Gasteiger partial charge in [0, 0.05) is 26.4 Å². The summed E-state index contributed by atoms with van der Waals surface area (Å²) in [5.74, 6) is 0.513. The van der Waals surface area contributed by atoms with Crippen LogP contribution in [-0.2, 0) is 11.3 Å². The molecule has 3 rings (SSSR count). The maximum Gasteiger partial charge on any atom is 0.269 e. The molecule has 3 aromatic rings. The molecule has 0 fully saturated rings. The minimum atomic E-state index is -0.214. The van der Waals surface area contributed by atoms with E-state index in [0.717, 1.165) is 16.9 Å². The van der Waals surface area contributed by atoms with Crippen molar-refractivity contribution in [3.63, 3.8) is 0 Å². The molecule has 9 nitrogen and oxygen atoms in total. The van der Waals surface area contributed by atoms with Crippen LogP contribution in [0.3, 0.4) is 0 Å². The molecule has 10 heteroatoms. The van der Waals surface area contributed by atoms with E-state index in [9.17, 15) is 4.79 Å². The average Bonchev–Trinajstić information content (AvgIpc) is 3.11. The number of carbonyl (C=O) groups is 1. The van der Waals surface area contributed by atoms with Crippen molar-refractivity contribution < 1.29 is 9.53 Å². The van der Waals surface area contributed by atoms with Crippen LogP contribution in [0.2, 0.25) is 0 Å².